The van der Waals surface area contributed by atoms with Gasteiger partial charge in [0.15, 0.2) is 0 Å². The summed E-state index contributed by atoms with van der Waals surface area (Å²) >= 11 is 3.03. The van der Waals surface area contributed by atoms with Crippen LogP contribution in [0, 0.1) is 5.92 Å². The number of fused-ring (bicyclic) bond motifs is 2. The fourth-order valence-electron chi connectivity index (χ4n) is 3.20. The van der Waals surface area contributed by atoms with E-state index in [9.17, 15) is 4.79 Å². The number of aryl methyl sites for hydroxylation is 1. The van der Waals surface area contributed by atoms with Gasteiger partial charge in [-0.15, -0.1) is 22.7 Å². The first-order valence-corrected chi connectivity index (χ1v) is 9.82. The van der Waals surface area contributed by atoms with Crippen LogP contribution < -0.4 is 11.1 Å². The summed E-state index contributed by atoms with van der Waals surface area (Å²) in [5.41, 5.74) is 9.29. The average molecular weight is 358 g/mol. The molecule has 24 heavy (non-hydrogen) atoms. The fraction of sp³-hybridized carbons (Fsp3) is 0.333. The van der Waals surface area contributed by atoms with Gasteiger partial charge in [-0.1, -0.05) is 13.0 Å². The van der Waals surface area contributed by atoms with Crippen LogP contribution in [0.1, 0.15) is 39.2 Å². The number of nitrogens with one attached hydrogen (secondary N) is 1. The number of hydrogen-bond acceptors (Lipinski definition) is 5. The van der Waals surface area contributed by atoms with Crippen LogP contribution in [0.15, 0.2) is 23.6 Å². The Labute approximate surface area is 148 Å². The third kappa shape index (κ3) is 2.80. The Kier molecular flexibility index (Phi) is 4.02. The van der Waals surface area contributed by atoms with Gasteiger partial charge in [-0.05, 0) is 48.3 Å². The van der Waals surface area contributed by atoms with Crippen LogP contribution in [0.3, 0.4) is 0 Å². The molecule has 4 rings (SSSR count). The van der Waals surface area contributed by atoms with Gasteiger partial charge in [-0.3, -0.25) is 4.79 Å². The first kappa shape index (κ1) is 15.6. The third-order valence-electron chi connectivity index (χ3n) is 4.54. The van der Waals surface area contributed by atoms with Gasteiger partial charge in [0.25, 0.3) is 5.91 Å². The Morgan fingerprint density at radius 2 is 2.38 bits per heavy atom. The van der Waals surface area contributed by atoms with E-state index in [1.54, 1.807) is 11.3 Å². The summed E-state index contributed by atoms with van der Waals surface area (Å²) in [7, 11) is 0. The number of hydrogen-bond donors (Lipinski definition) is 2. The van der Waals surface area contributed by atoms with E-state index >= 15 is 0 Å². The van der Waals surface area contributed by atoms with Crippen molar-refractivity contribution in [3.05, 3.63) is 44.6 Å². The van der Waals surface area contributed by atoms with Crippen molar-refractivity contribution in [2.45, 2.75) is 32.7 Å². The summed E-state index contributed by atoms with van der Waals surface area (Å²) in [6.45, 7) is 2.80. The van der Waals surface area contributed by atoms with Crippen molar-refractivity contribution in [1.82, 2.24) is 10.3 Å². The van der Waals surface area contributed by atoms with Crippen molar-refractivity contribution in [1.29, 1.82) is 0 Å². The van der Waals surface area contributed by atoms with Crippen LogP contribution in [-0.2, 0) is 19.4 Å². The summed E-state index contributed by atoms with van der Waals surface area (Å²) in [4.78, 5) is 19.9. The van der Waals surface area contributed by atoms with E-state index < -0.39 is 0 Å². The average Bonchev–Trinajstić information content (AvgIpc) is 3.19. The number of anilines is 1. The molecule has 1 aliphatic carbocycles. The van der Waals surface area contributed by atoms with Gasteiger partial charge in [0.1, 0.15) is 9.71 Å². The standard InChI is InChI=1S/C18H19N3OS2/c1-10-4-5-14-11(7-10)8-13-15(19)16(24-18(13)21-14)17(22)20-9-12-3-2-6-23-12/h2-3,6,8,10H,4-5,7,9,19H2,1H3,(H,20,22). The molecule has 124 valence electrons. The molecule has 1 atom stereocenters. The third-order valence-corrected chi connectivity index (χ3v) is 6.53. The molecule has 6 heteroatoms. The van der Waals surface area contributed by atoms with E-state index in [4.69, 9.17) is 10.7 Å². The molecule has 3 N–H and O–H groups in total. The summed E-state index contributed by atoms with van der Waals surface area (Å²) in [6, 6.07) is 6.14. The monoisotopic (exact) mass is 357 g/mol. The van der Waals surface area contributed by atoms with E-state index in [1.165, 1.54) is 29.0 Å². The van der Waals surface area contributed by atoms with Crippen LogP contribution in [0.25, 0.3) is 10.2 Å². The Hall–Kier alpha value is -1.92. The molecule has 0 aliphatic heterocycles. The molecule has 1 aliphatic rings. The molecule has 3 heterocycles. The molecule has 4 nitrogen and oxygen atoms in total. The normalized spacial score (nSPS) is 17.0. The minimum Gasteiger partial charge on any atom is -0.397 e. The Morgan fingerprint density at radius 1 is 1.50 bits per heavy atom. The van der Waals surface area contributed by atoms with Crippen molar-refractivity contribution in [3.63, 3.8) is 0 Å². The second-order valence-electron chi connectivity index (χ2n) is 6.40. The molecule has 0 saturated heterocycles. The maximum absolute atomic E-state index is 12.5. The zero-order chi connectivity index (χ0) is 16.7. The highest BCUT2D eigenvalue weighted by Crippen LogP contribution is 2.36. The van der Waals surface area contributed by atoms with E-state index in [1.807, 2.05) is 17.5 Å². The topological polar surface area (TPSA) is 68.0 Å². The van der Waals surface area contributed by atoms with Crippen molar-refractivity contribution >= 4 is 44.5 Å². The molecule has 1 amide bonds. The maximum Gasteiger partial charge on any atom is 0.263 e. The maximum atomic E-state index is 12.5. The number of aromatic nitrogens is 1. The lowest BCUT2D eigenvalue weighted by Gasteiger charge is -2.20. The van der Waals surface area contributed by atoms with E-state index in [-0.39, 0.29) is 5.91 Å². The highest BCUT2D eigenvalue weighted by molar-refractivity contribution is 7.21. The highest BCUT2D eigenvalue weighted by Gasteiger charge is 2.22. The molecular formula is C18H19N3OS2. The molecular weight excluding hydrogens is 338 g/mol. The number of thiophene rings is 2. The van der Waals surface area contributed by atoms with Gasteiger partial charge in [-0.25, -0.2) is 4.98 Å². The summed E-state index contributed by atoms with van der Waals surface area (Å²) < 4.78 is 0. The van der Waals surface area contributed by atoms with Gasteiger partial charge in [0.05, 0.1) is 12.2 Å². The lowest BCUT2D eigenvalue weighted by atomic mass is 9.87. The fourth-order valence-corrected chi connectivity index (χ4v) is 4.86. The van der Waals surface area contributed by atoms with Gasteiger partial charge in [0.2, 0.25) is 0 Å². The summed E-state index contributed by atoms with van der Waals surface area (Å²) in [6.07, 6.45) is 3.25. The smallest absolute Gasteiger partial charge is 0.263 e. The minimum absolute atomic E-state index is 0.116. The lowest BCUT2D eigenvalue weighted by Crippen LogP contribution is -2.22. The number of nitrogen functional groups attached to an aromatic ring is 1. The largest absolute Gasteiger partial charge is 0.397 e. The van der Waals surface area contributed by atoms with Gasteiger partial charge in [-0.2, -0.15) is 0 Å². The summed E-state index contributed by atoms with van der Waals surface area (Å²) in [5, 5.41) is 5.88. The Balaban J connectivity index is 1.64. The zero-order valence-electron chi connectivity index (χ0n) is 13.5. The molecule has 3 aromatic heterocycles. The lowest BCUT2D eigenvalue weighted by molar-refractivity contribution is 0.0956. The van der Waals surface area contributed by atoms with Crippen molar-refractivity contribution in [2.24, 2.45) is 5.92 Å². The van der Waals surface area contributed by atoms with Crippen LogP contribution in [0.5, 0.6) is 0 Å². The van der Waals surface area contributed by atoms with E-state index in [0.29, 0.717) is 23.0 Å². The number of carbonyl (C=O) groups is 1. The second kappa shape index (κ2) is 6.18. The molecule has 0 fully saturated rings. The number of amides is 1. The molecule has 1 unspecified atom stereocenters. The quantitative estimate of drug-likeness (QED) is 0.744. The van der Waals surface area contributed by atoms with Crippen molar-refractivity contribution in [3.8, 4) is 0 Å². The minimum atomic E-state index is -0.116. The van der Waals surface area contributed by atoms with Crippen molar-refractivity contribution < 1.29 is 4.79 Å². The van der Waals surface area contributed by atoms with Crippen molar-refractivity contribution in [2.75, 3.05) is 5.73 Å². The Morgan fingerprint density at radius 3 is 3.17 bits per heavy atom. The predicted octanol–water partition coefficient (Wildman–Crippen LogP) is 3.99. The number of nitrogens with two attached hydrogens (primary N) is 1. The summed E-state index contributed by atoms with van der Waals surface area (Å²) in [5.74, 6) is 0.570. The molecule has 0 aromatic carbocycles. The van der Waals surface area contributed by atoms with E-state index in [0.717, 1.165) is 27.9 Å². The van der Waals surface area contributed by atoms with Gasteiger partial charge >= 0.3 is 0 Å². The molecule has 0 radical (unpaired) electrons. The Bertz CT molecular complexity index is 899. The first-order chi connectivity index (χ1) is 11.6. The number of carbonyl (C=O) groups excluding carboxylic acids is 1. The number of nitrogens with zero attached hydrogens (tertiary/aromatic N) is 1. The molecule has 0 saturated carbocycles. The van der Waals surface area contributed by atoms with Crippen LogP contribution in [-0.4, -0.2) is 10.9 Å². The van der Waals surface area contributed by atoms with Crippen LogP contribution in [0.4, 0.5) is 5.69 Å². The zero-order valence-corrected chi connectivity index (χ0v) is 15.1. The predicted molar refractivity (Wildman–Crippen MR) is 101 cm³/mol. The van der Waals surface area contributed by atoms with Crippen LogP contribution in [0.2, 0.25) is 0 Å². The SMILES string of the molecule is CC1CCc2nc3sc(C(=O)NCc4cccs4)c(N)c3cc2C1. The van der Waals surface area contributed by atoms with Gasteiger partial charge < -0.3 is 11.1 Å². The van der Waals surface area contributed by atoms with Crippen LogP contribution >= 0.6 is 22.7 Å². The second-order valence-corrected chi connectivity index (χ2v) is 8.43. The highest BCUT2D eigenvalue weighted by atomic mass is 32.1. The first-order valence-electron chi connectivity index (χ1n) is 8.13. The molecule has 0 bridgehead atoms. The molecule has 3 aromatic rings. The number of rotatable bonds is 3. The van der Waals surface area contributed by atoms with Gasteiger partial charge in [0, 0.05) is 16.0 Å². The number of pyridine rings is 1. The van der Waals surface area contributed by atoms with E-state index in [2.05, 4.69) is 18.3 Å². The molecule has 0 spiro atoms.